The van der Waals surface area contributed by atoms with Crippen molar-refractivity contribution < 1.29 is 14.3 Å². The van der Waals surface area contributed by atoms with E-state index < -0.39 is 0 Å². The van der Waals surface area contributed by atoms with E-state index in [0.717, 1.165) is 26.1 Å². The van der Waals surface area contributed by atoms with Crippen LogP contribution in [0, 0.1) is 0 Å². The van der Waals surface area contributed by atoms with E-state index in [4.69, 9.17) is 9.47 Å². The Hall–Kier alpha value is -0.410. The van der Waals surface area contributed by atoms with Crippen molar-refractivity contribution in [1.29, 1.82) is 0 Å². The summed E-state index contributed by atoms with van der Waals surface area (Å²) in [6, 6.07) is 0. The Morgan fingerprint density at radius 2 is 1.85 bits per heavy atom. The lowest BCUT2D eigenvalue weighted by Crippen LogP contribution is -2.03. The fourth-order valence-electron chi connectivity index (χ4n) is 0.956. The van der Waals surface area contributed by atoms with Crippen LogP contribution in [0.5, 0.6) is 0 Å². The minimum absolute atomic E-state index is 0.320. The van der Waals surface area contributed by atoms with Crippen molar-refractivity contribution in [3.8, 4) is 0 Å². The number of hydrogen-bond acceptors (Lipinski definition) is 3. The monoisotopic (exact) mass is 188 g/mol. The normalized spacial score (nSPS) is 10.3. The summed E-state index contributed by atoms with van der Waals surface area (Å²) < 4.78 is 10.2. The zero-order valence-corrected chi connectivity index (χ0v) is 8.67. The number of ether oxygens (including phenoxy) is 2. The number of carbonyl (C=O) groups excluding carboxylic acids is 1. The van der Waals surface area contributed by atoms with Gasteiger partial charge in [-0.05, 0) is 12.8 Å². The smallest absolute Gasteiger partial charge is 0.132 e. The van der Waals surface area contributed by atoms with E-state index in [2.05, 4.69) is 0 Å². The van der Waals surface area contributed by atoms with Gasteiger partial charge >= 0.3 is 0 Å². The summed E-state index contributed by atoms with van der Waals surface area (Å²) in [4.78, 5) is 10.9. The Balaban J connectivity index is 2.95. The Bertz CT molecular complexity index is 123. The van der Waals surface area contributed by atoms with E-state index in [1.54, 1.807) is 7.11 Å². The first-order chi connectivity index (χ1) is 6.31. The predicted molar refractivity (Wildman–Crippen MR) is 51.8 cm³/mol. The average molecular weight is 188 g/mol. The molecule has 0 aromatic carbocycles. The number of ketones is 1. The second kappa shape index (κ2) is 9.68. The van der Waals surface area contributed by atoms with Gasteiger partial charge in [-0.3, -0.25) is 4.79 Å². The van der Waals surface area contributed by atoms with Crippen LogP contribution < -0.4 is 0 Å². The lowest BCUT2D eigenvalue weighted by atomic mass is 10.2. The molecule has 0 atom stereocenters. The highest BCUT2D eigenvalue weighted by molar-refractivity contribution is 5.77. The molecule has 3 heteroatoms. The largest absolute Gasteiger partial charge is 0.385 e. The number of methoxy groups -OCH3 is 1. The Morgan fingerprint density at radius 3 is 2.46 bits per heavy atom. The molecular formula is C10H20O3. The van der Waals surface area contributed by atoms with Gasteiger partial charge in [0.25, 0.3) is 0 Å². The van der Waals surface area contributed by atoms with Gasteiger partial charge in [0.05, 0.1) is 0 Å². The molecule has 0 fully saturated rings. The van der Waals surface area contributed by atoms with Gasteiger partial charge in [-0.25, -0.2) is 0 Å². The van der Waals surface area contributed by atoms with Crippen molar-refractivity contribution in [3.63, 3.8) is 0 Å². The summed E-state index contributed by atoms with van der Waals surface area (Å²) in [6.07, 6.45) is 3.07. The van der Waals surface area contributed by atoms with Gasteiger partial charge < -0.3 is 9.47 Å². The molecule has 0 radical (unpaired) electrons. The number of Topliss-reactive ketones (excluding diaryl/α,β-unsaturated/α-hetero) is 1. The summed E-state index contributed by atoms with van der Waals surface area (Å²) >= 11 is 0. The lowest BCUT2D eigenvalue weighted by Gasteiger charge is -2.02. The van der Waals surface area contributed by atoms with Crippen LogP contribution in [0.4, 0.5) is 0 Å². The molecule has 0 spiro atoms. The first-order valence-corrected chi connectivity index (χ1v) is 4.89. The van der Waals surface area contributed by atoms with Crippen molar-refractivity contribution >= 4 is 5.78 Å². The first kappa shape index (κ1) is 12.6. The molecule has 3 nitrogen and oxygen atoms in total. The first-order valence-electron chi connectivity index (χ1n) is 4.89. The summed E-state index contributed by atoms with van der Waals surface area (Å²) in [5.41, 5.74) is 0. The molecule has 78 valence electrons. The number of hydrogen-bond donors (Lipinski definition) is 0. The van der Waals surface area contributed by atoms with E-state index in [1.807, 2.05) is 6.92 Å². The van der Waals surface area contributed by atoms with Crippen LogP contribution >= 0.6 is 0 Å². The van der Waals surface area contributed by atoms with Crippen LogP contribution in [0.1, 0.15) is 32.6 Å². The third-order valence-electron chi connectivity index (χ3n) is 1.78. The van der Waals surface area contributed by atoms with Gasteiger partial charge in [-0.15, -0.1) is 0 Å². The lowest BCUT2D eigenvalue weighted by molar-refractivity contribution is -0.119. The maximum Gasteiger partial charge on any atom is 0.132 e. The minimum atomic E-state index is 0.320. The molecule has 0 amide bonds. The topological polar surface area (TPSA) is 35.5 Å². The van der Waals surface area contributed by atoms with Crippen LogP contribution in [-0.4, -0.2) is 32.7 Å². The van der Waals surface area contributed by atoms with E-state index in [9.17, 15) is 4.79 Å². The highest BCUT2D eigenvalue weighted by atomic mass is 16.5. The van der Waals surface area contributed by atoms with E-state index in [-0.39, 0.29) is 0 Å². The Morgan fingerprint density at radius 1 is 1.15 bits per heavy atom. The zero-order chi connectivity index (χ0) is 9.94. The maximum absolute atomic E-state index is 10.9. The molecule has 0 N–H and O–H groups in total. The van der Waals surface area contributed by atoms with Gasteiger partial charge in [0, 0.05) is 39.8 Å². The Kier molecular flexibility index (Phi) is 9.37. The van der Waals surface area contributed by atoms with Crippen LogP contribution in [-0.2, 0) is 14.3 Å². The van der Waals surface area contributed by atoms with Crippen LogP contribution in [0.25, 0.3) is 0 Å². The van der Waals surface area contributed by atoms with Crippen molar-refractivity contribution in [2.75, 3.05) is 26.9 Å². The minimum Gasteiger partial charge on any atom is -0.385 e. The molecule has 0 rings (SSSR count). The SMILES string of the molecule is CCC(=O)CCCOCCCOC. The standard InChI is InChI=1S/C10H20O3/c1-3-10(11)6-4-8-13-9-5-7-12-2/h3-9H2,1-2H3. The second-order valence-electron chi connectivity index (χ2n) is 2.95. The van der Waals surface area contributed by atoms with Crippen molar-refractivity contribution in [3.05, 3.63) is 0 Å². The van der Waals surface area contributed by atoms with E-state index in [0.29, 0.717) is 25.2 Å². The molecule has 13 heavy (non-hydrogen) atoms. The van der Waals surface area contributed by atoms with Gasteiger partial charge in [0.2, 0.25) is 0 Å². The van der Waals surface area contributed by atoms with E-state index in [1.165, 1.54) is 0 Å². The summed E-state index contributed by atoms with van der Waals surface area (Å²) in [7, 11) is 1.68. The highest BCUT2D eigenvalue weighted by Crippen LogP contribution is 1.95. The number of rotatable bonds is 9. The Labute approximate surface area is 80.4 Å². The second-order valence-corrected chi connectivity index (χ2v) is 2.95. The van der Waals surface area contributed by atoms with Crippen molar-refractivity contribution in [2.24, 2.45) is 0 Å². The van der Waals surface area contributed by atoms with Crippen LogP contribution in [0.15, 0.2) is 0 Å². The van der Waals surface area contributed by atoms with Gasteiger partial charge in [0.1, 0.15) is 5.78 Å². The molecule has 0 aliphatic carbocycles. The highest BCUT2D eigenvalue weighted by Gasteiger charge is 1.97. The molecule has 0 saturated carbocycles. The third-order valence-corrected chi connectivity index (χ3v) is 1.78. The fraction of sp³-hybridized carbons (Fsp3) is 0.900. The van der Waals surface area contributed by atoms with Gasteiger partial charge in [0.15, 0.2) is 0 Å². The summed E-state index contributed by atoms with van der Waals surface area (Å²) in [6.45, 7) is 4.05. The van der Waals surface area contributed by atoms with Crippen LogP contribution in [0.3, 0.4) is 0 Å². The van der Waals surface area contributed by atoms with Crippen LogP contribution in [0.2, 0.25) is 0 Å². The summed E-state index contributed by atoms with van der Waals surface area (Å²) in [5.74, 6) is 0.320. The molecular weight excluding hydrogens is 168 g/mol. The molecule has 0 saturated heterocycles. The van der Waals surface area contributed by atoms with Gasteiger partial charge in [-0.2, -0.15) is 0 Å². The molecule has 0 aliphatic rings. The quantitative estimate of drug-likeness (QED) is 0.517. The zero-order valence-electron chi connectivity index (χ0n) is 8.67. The molecule has 0 aromatic rings. The fourth-order valence-corrected chi connectivity index (χ4v) is 0.956. The summed E-state index contributed by atoms with van der Waals surface area (Å²) in [5, 5.41) is 0. The molecule has 0 heterocycles. The molecule has 0 aromatic heterocycles. The van der Waals surface area contributed by atoms with E-state index >= 15 is 0 Å². The molecule has 0 unspecified atom stereocenters. The third kappa shape index (κ3) is 9.50. The molecule has 0 bridgehead atoms. The van der Waals surface area contributed by atoms with Crippen molar-refractivity contribution in [1.82, 2.24) is 0 Å². The van der Waals surface area contributed by atoms with Gasteiger partial charge in [-0.1, -0.05) is 6.92 Å². The average Bonchev–Trinajstić information content (AvgIpc) is 2.16. The predicted octanol–water partition coefficient (Wildman–Crippen LogP) is 1.80. The molecule has 0 aliphatic heterocycles. The maximum atomic E-state index is 10.9. The number of carbonyl (C=O) groups is 1. The van der Waals surface area contributed by atoms with Crippen molar-refractivity contribution in [2.45, 2.75) is 32.6 Å².